The Bertz CT molecular complexity index is 3790. The first-order valence-corrected chi connectivity index (χ1v) is 25.6. The standard InChI is InChI=1S/C66H50N8/c1-7-23-43(24-8-1)52-42-53-50-35-19-21-37-55(50)74(60(53)58-51-36-20-22-38-56(51)73(59(52)58)49-33-17-6-18-34-49)57-40-39-48(65-69-61(44-25-9-2-10-26-44)67-62(70-65)45-27-11-3-12-28-45)41-54(57)66-71-63(46-29-13-4-14-30-46)68-64(72-66)47-31-15-5-16-32-47/h1-2,4-11,13-42,58-59,61,66H,3,12H2,(H,67,69,70)(H,68,71,72). The third-order valence-corrected chi connectivity index (χ3v) is 14.9. The van der Waals surface area contributed by atoms with Gasteiger partial charge in [0.05, 0.1) is 23.2 Å². The lowest BCUT2D eigenvalue weighted by molar-refractivity contribution is 0.697. The van der Waals surface area contributed by atoms with Gasteiger partial charge < -0.3 is 20.1 Å². The summed E-state index contributed by atoms with van der Waals surface area (Å²) in [7, 11) is 0. The highest BCUT2D eigenvalue weighted by Gasteiger charge is 2.47. The quantitative estimate of drug-likeness (QED) is 0.151. The Kier molecular flexibility index (Phi) is 10.7. The third kappa shape index (κ3) is 7.53. The smallest absolute Gasteiger partial charge is 0.171 e. The zero-order valence-electron chi connectivity index (χ0n) is 40.5. The number of benzene rings is 8. The van der Waals surface area contributed by atoms with Crippen molar-refractivity contribution in [3.63, 3.8) is 0 Å². The van der Waals surface area contributed by atoms with E-state index in [4.69, 9.17) is 20.0 Å². The Balaban J connectivity index is 1.04. The molecule has 8 heteroatoms. The molecule has 0 radical (unpaired) electrons. The van der Waals surface area contributed by atoms with Crippen molar-refractivity contribution in [3.05, 3.63) is 292 Å². The summed E-state index contributed by atoms with van der Waals surface area (Å²) < 4.78 is 2.54. The van der Waals surface area contributed by atoms with Gasteiger partial charge in [-0.05, 0) is 83.6 Å². The zero-order valence-corrected chi connectivity index (χ0v) is 40.5. The average molecular weight is 955 g/mol. The molecule has 4 heterocycles. The molecule has 3 unspecified atom stereocenters. The van der Waals surface area contributed by atoms with Gasteiger partial charge in [-0.3, -0.25) is 0 Å². The molecule has 354 valence electrons. The number of hydrogen-bond donors (Lipinski definition) is 2. The number of fused-ring (bicyclic) bond motifs is 7. The Hall–Kier alpha value is -9.40. The SMILES string of the molecule is C1=CC(C2=NC(c3ccccc3)N=C(c3ccc(-n4c5c(c6ccccc64)C=C(c4ccccc4)C4C5c5ccccc5N4c4ccccc4)c(C4N=C(c5ccccc5)NC(c5ccccc5)=N4)c3)N2)=CCC1. The van der Waals surface area contributed by atoms with Crippen molar-refractivity contribution in [2.75, 3.05) is 4.90 Å². The largest absolute Gasteiger partial charge is 0.333 e. The first-order valence-electron chi connectivity index (χ1n) is 25.6. The maximum Gasteiger partial charge on any atom is 0.171 e. The van der Waals surface area contributed by atoms with Crippen LogP contribution in [0.2, 0.25) is 0 Å². The van der Waals surface area contributed by atoms with E-state index in [1.54, 1.807) is 0 Å². The van der Waals surface area contributed by atoms with E-state index < -0.39 is 12.3 Å². The molecule has 14 rings (SSSR count). The first-order chi connectivity index (χ1) is 36.7. The molecule has 3 aliphatic heterocycles. The Morgan fingerprint density at radius 1 is 0.459 bits per heavy atom. The summed E-state index contributed by atoms with van der Waals surface area (Å²) in [5.41, 5.74) is 16.6. The van der Waals surface area contributed by atoms with E-state index in [9.17, 15) is 0 Å². The number of hydrogen-bond acceptors (Lipinski definition) is 7. The van der Waals surface area contributed by atoms with Crippen molar-refractivity contribution in [2.45, 2.75) is 37.1 Å². The van der Waals surface area contributed by atoms with Crippen LogP contribution in [0.25, 0.3) is 28.2 Å². The van der Waals surface area contributed by atoms with Crippen LogP contribution in [0.5, 0.6) is 0 Å². The van der Waals surface area contributed by atoms with E-state index in [0.29, 0.717) is 0 Å². The van der Waals surface area contributed by atoms with Gasteiger partial charge >= 0.3 is 0 Å². The van der Waals surface area contributed by atoms with E-state index >= 15 is 0 Å². The van der Waals surface area contributed by atoms with Crippen LogP contribution in [0, 0.1) is 0 Å². The zero-order chi connectivity index (χ0) is 49.0. The highest BCUT2D eigenvalue weighted by Crippen LogP contribution is 2.57. The van der Waals surface area contributed by atoms with E-state index in [1.807, 2.05) is 18.2 Å². The molecule has 5 aliphatic rings. The molecule has 0 fully saturated rings. The number of allylic oxidation sites excluding steroid dienone is 2. The summed E-state index contributed by atoms with van der Waals surface area (Å²) in [6.07, 6.45) is 10.0. The summed E-state index contributed by atoms with van der Waals surface area (Å²) in [6, 6.07) is 77.6. The number of aliphatic imine (C=N–C) groups is 4. The van der Waals surface area contributed by atoms with Crippen LogP contribution in [0.4, 0.5) is 11.4 Å². The molecule has 74 heavy (non-hydrogen) atoms. The number of para-hydroxylation sites is 3. The number of rotatable bonds is 9. The lowest BCUT2D eigenvalue weighted by atomic mass is 9.78. The summed E-state index contributed by atoms with van der Waals surface area (Å²) in [4.78, 5) is 24.4. The molecule has 0 spiro atoms. The highest BCUT2D eigenvalue weighted by atomic mass is 15.2. The van der Waals surface area contributed by atoms with E-state index in [-0.39, 0.29) is 12.0 Å². The van der Waals surface area contributed by atoms with Gasteiger partial charge in [-0.25, -0.2) is 20.0 Å². The monoisotopic (exact) mass is 954 g/mol. The van der Waals surface area contributed by atoms with Gasteiger partial charge in [0.25, 0.3) is 0 Å². The molecule has 8 nitrogen and oxygen atoms in total. The fraction of sp³-hybridized carbons (Fsp3) is 0.0909. The Morgan fingerprint density at radius 2 is 1.04 bits per heavy atom. The summed E-state index contributed by atoms with van der Waals surface area (Å²) in [6.45, 7) is 0. The molecule has 3 atom stereocenters. The van der Waals surface area contributed by atoms with E-state index in [0.717, 1.165) is 86.5 Å². The molecule has 8 aromatic carbocycles. The summed E-state index contributed by atoms with van der Waals surface area (Å²) in [5, 5.41) is 8.58. The van der Waals surface area contributed by atoms with Gasteiger partial charge in [-0.2, -0.15) is 0 Å². The minimum Gasteiger partial charge on any atom is -0.333 e. The van der Waals surface area contributed by atoms with Crippen molar-refractivity contribution in [3.8, 4) is 5.69 Å². The maximum atomic E-state index is 5.59. The summed E-state index contributed by atoms with van der Waals surface area (Å²) in [5.74, 6) is 2.99. The van der Waals surface area contributed by atoms with Crippen LogP contribution in [-0.4, -0.2) is 34.0 Å². The lowest BCUT2D eigenvalue weighted by Crippen LogP contribution is -2.37. The third-order valence-electron chi connectivity index (χ3n) is 14.9. The predicted molar refractivity (Wildman–Crippen MR) is 303 cm³/mol. The van der Waals surface area contributed by atoms with Crippen molar-refractivity contribution < 1.29 is 0 Å². The Morgan fingerprint density at radius 3 is 1.74 bits per heavy atom. The van der Waals surface area contributed by atoms with Crippen molar-refractivity contribution in [2.24, 2.45) is 20.0 Å². The Labute approximate surface area is 430 Å². The molecular weight excluding hydrogens is 905 g/mol. The van der Waals surface area contributed by atoms with E-state index in [2.05, 4.69) is 245 Å². The first kappa shape index (κ1) is 43.4. The number of nitrogens with zero attached hydrogens (tertiary/aromatic N) is 6. The number of nitrogens with one attached hydrogen (secondary N) is 2. The summed E-state index contributed by atoms with van der Waals surface area (Å²) >= 11 is 0. The van der Waals surface area contributed by atoms with Crippen LogP contribution in [0.1, 0.15) is 81.3 Å². The highest BCUT2D eigenvalue weighted by molar-refractivity contribution is 6.18. The minimum absolute atomic E-state index is 0.0589. The number of anilines is 2. The average Bonchev–Trinajstić information content (AvgIpc) is 4.09. The molecule has 9 aromatic rings. The van der Waals surface area contributed by atoms with Crippen LogP contribution < -0.4 is 15.5 Å². The number of amidine groups is 4. The van der Waals surface area contributed by atoms with Crippen LogP contribution in [0.15, 0.2) is 262 Å². The topological polar surface area (TPSA) is 81.7 Å². The fourth-order valence-electron chi connectivity index (χ4n) is 11.6. The molecule has 2 aliphatic carbocycles. The maximum absolute atomic E-state index is 5.59. The van der Waals surface area contributed by atoms with Gasteiger partial charge in [-0.15, -0.1) is 0 Å². The van der Waals surface area contributed by atoms with Gasteiger partial charge in [-0.1, -0.05) is 194 Å². The van der Waals surface area contributed by atoms with Crippen molar-refractivity contribution in [1.29, 1.82) is 0 Å². The van der Waals surface area contributed by atoms with Crippen LogP contribution in [0.3, 0.4) is 0 Å². The normalized spacial score (nSPS) is 18.9. The second kappa shape index (κ2) is 18.3. The molecule has 1 aromatic heterocycles. The second-order valence-electron chi connectivity index (χ2n) is 19.3. The second-order valence-corrected chi connectivity index (χ2v) is 19.3. The van der Waals surface area contributed by atoms with E-state index in [1.165, 1.54) is 39.0 Å². The number of aromatic nitrogens is 1. The van der Waals surface area contributed by atoms with Gasteiger partial charge in [0.2, 0.25) is 0 Å². The molecular formula is C66H50N8. The minimum atomic E-state index is -0.661. The molecule has 2 N–H and O–H groups in total. The van der Waals surface area contributed by atoms with Crippen LogP contribution in [-0.2, 0) is 0 Å². The van der Waals surface area contributed by atoms with Gasteiger partial charge in [0, 0.05) is 55.8 Å². The lowest BCUT2D eigenvalue weighted by Gasteiger charge is -2.36. The molecule has 0 bridgehead atoms. The predicted octanol–water partition coefficient (Wildman–Crippen LogP) is 14.1. The fourth-order valence-corrected chi connectivity index (χ4v) is 11.6. The van der Waals surface area contributed by atoms with Gasteiger partial charge in [0.15, 0.2) is 12.3 Å². The van der Waals surface area contributed by atoms with Gasteiger partial charge in [0.1, 0.15) is 23.3 Å². The van der Waals surface area contributed by atoms with Crippen LogP contribution >= 0.6 is 0 Å². The molecule has 0 amide bonds. The molecule has 0 saturated heterocycles. The van der Waals surface area contributed by atoms with Crippen molar-refractivity contribution in [1.82, 2.24) is 15.2 Å². The van der Waals surface area contributed by atoms with Crippen molar-refractivity contribution >= 4 is 57.3 Å². The molecule has 0 saturated carbocycles.